The molecule has 3 aliphatic rings. The van der Waals surface area contributed by atoms with Gasteiger partial charge in [0.2, 0.25) is 0 Å². The van der Waals surface area contributed by atoms with Crippen molar-refractivity contribution in [3.63, 3.8) is 0 Å². The van der Waals surface area contributed by atoms with Crippen molar-refractivity contribution in [3.8, 4) is 0 Å². The van der Waals surface area contributed by atoms with Gasteiger partial charge >= 0.3 is 5.97 Å². The molecule has 0 aromatic carbocycles. The second-order valence-electron chi connectivity index (χ2n) is 7.64. The maximum atomic E-state index is 12.2. The second-order valence-corrected chi connectivity index (χ2v) is 7.64. The molecule has 1 aromatic heterocycles. The summed E-state index contributed by atoms with van der Waals surface area (Å²) in [6.45, 7) is 2.09. The van der Waals surface area contributed by atoms with Gasteiger partial charge in [-0.05, 0) is 43.4 Å². The monoisotopic (exact) mass is 330 g/mol. The van der Waals surface area contributed by atoms with Crippen LogP contribution in [0, 0.1) is 11.3 Å². The van der Waals surface area contributed by atoms with Crippen LogP contribution in [-0.4, -0.2) is 35.8 Å². The number of hydrogen-bond donors (Lipinski definition) is 0. The van der Waals surface area contributed by atoms with Gasteiger partial charge in [-0.15, -0.1) is 0 Å². The van der Waals surface area contributed by atoms with Crippen LogP contribution in [0.2, 0.25) is 0 Å². The van der Waals surface area contributed by atoms with Crippen LogP contribution in [0.1, 0.15) is 73.5 Å². The zero-order chi connectivity index (χ0) is 16.4. The minimum Gasteiger partial charge on any atom is -0.462 e. The van der Waals surface area contributed by atoms with E-state index < -0.39 is 0 Å². The Bertz CT molecular complexity index is 575. The summed E-state index contributed by atoms with van der Waals surface area (Å²) in [5.41, 5.74) is 0.964. The van der Waals surface area contributed by atoms with Crippen LogP contribution in [0.4, 0.5) is 0 Å². The topological polar surface area (TPSA) is 61.3 Å². The summed E-state index contributed by atoms with van der Waals surface area (Å²) in [5, 5.41) is 0. The molecule has 1 unspecified atom stereocenters. The van der Waals surface area contributed by atoms with Crippen LogP contribution in [-0.2, 0) is 9.47 Å². The Morgan fingerprint density at radius 3 is 2.58 bits per heavy atom. The van der Waals surface area contributed by atoms with Crippen LogP contribution in [0.5, 0.6) is 0 Å². The van der Waals surface area contributed by atoms with E-state index >= 15 is 0 Å². The molecule has 5 nitrogen and oxygen atoms in total. The van der Waals surface area contributed by atoms with Crippen molar-refractivity contribution in [1.82, 2.24) is 9.97 Å². The van der Waals surface area contributed by atoms with Gasteiger partial charge in [-0.2, -0.15) is 0 Å². The molecule has 24 heavy (non-hydrogen) atoms. The third-order valence-electron chi connectivity index (χ3n) is 6.12. The lowest BCUT2D eigenvalue weighted by molar-refractivity contribution is 0.0460. The average Bonchev–Trinajstić information content (AvgIpc) is 3.32. The fourth-order valence-corrected chi connectivity index (χ4v) is 4.41. The Morgan fingerprint density at radius 2 is 1.88 bits per heavy atom. The number of carbonyl (C=O) groups excluding carboxylic acids is 1. The van der Waals surface area contributed by atoms with E-state index in [2.05, 4.69) is 9.97 Å². The summed E-state index contributed by atoms with van der Waals surface area (Å²) in [6, 6.07) is 0. The van der Waals surface area contributed by atoms with Crippen molar-refractivity contribution in [3.05, 3.63) is 23.8 Å². The second kappa shape index (κ2) is 6.79. The number of hydrogen-bond acceptors (Lipinski definition) is 5. The quantitative estimate of drug-likeness (QED) is 0.791. The molecule has 3 fully saturated rings. The molecule has 130 valence electrons. The first kappa shape index (κ1) is 16.0. The predicted octanol–water partition coefficient (Wildman–Crippen LogP) is 3.50. The largest absolute Gasteiger partial charge is 0.462 e. The Morgan fingerprint density at radius 1 is 1.17 bits per heavy atom. The van der Waals surface area contributed by atoms with E-state index in [9.17, 15) is 4.79 Å². The summed E-state index contributed by atoms with van der Waals surface area (Å²) in [5.74, 6) is 1.45. The van der Waals surface area contributed by atoms with Gasteiger partial charge in [0.15, 0.2) is 0 Å². The maximum Gasteiger partial charge on any atom is 0.341 e. The van der Waals surface area contributed by atoms with E-state index in [4.69, 9.17) is 9.47 Å². The highest BCUT2D eigenvalue weighted by Crippen LogP contribution is 2.61. The van der Waals surface area contributed by atoms with E-state index in [1.54, 1.807) is 12.4 Å². The number of carbonyl (C=O) groups is 1. The Balaban J connectivity index is 1.28. The first-order valence-electron chi connectivity index (χ1n) is 9.34. The molecular formula is C19H26N2O3. The van der Waals surface area contributed by atoms with Crippen molar-refractivity contribution < 1.29 is 14.3 Å². The van der Waals surface area contributed by atoms with Crippen molar-refractivity contribution in [2.24, 2.45) is 11.3 Å². The van der Waals surface area contributed by atoms with Crippen molar-refractivity contribution in [2.45, 2.75) is 57.3 Å². The average molecular weight is 330 g/mol. The predicted molar refractivity (Wildman–Crippen MR) is 88.7 cm³/mol. The summed E-state index contributed by atoms with van der Waals surface area (Å²) >= 11 is 0. The summed E-state index contributed by atoms with van der Waals surface area (Å²) < 4.78 is 10.9. The van der Waals surface area contributed by atoms with Gasteiger partial charge < -0.3 is 9.47 Å². The molecule has 0 radical (unpaired) electrons. The maximum absolute atomic E-state index is 12.2. The normalized spacial score (nSPS) is 26.2. The van der Waals surface area contributed by atoms with Crippen molar-refractivity contribution in [1.29, 1.82) is 0 Å². The lowest BCUT2D eigenvalue weighted by Gasteiger charge is -2.22. The molecule has 1 aromatic rings. The van der Waals surface area contributed by atoms with Gasteiger partial charge in [-0.25, -0.2) is 14.8 Å². The molecular weight excluding hydrogens is 304 g/mol. The van der Waals surface area contributed by atoms with Gasteiger partial charge in [0.25, 0.3) is 0 Å². The highest BCUT2D eigenvalue weighted by Gasteiger charge is 2.54. The van der Waals surface area contributed by atoms with Crippen molar-refractivity contribution in [2.75, 3.05) is 19.8 Å². The lowest BCUT2D eigenvalue weighted by atomic mass is 9.84. The fraction of sp³-hybridized carbons (Fsp3) is 0.737. The molecule has 1 saturated heterocycles. The number of aromatic nitrogens is 2. The van der Waals surface area contributed by atoms with E-state index in [0.29, 0.717) is 29.4 Å². The molecule has 1 spiro atoms. The third kappa shape index (κ3) is 3.32. The van der Waals surface area contributed by atoms with E-state index in [1.807, 2.05) is 0 Å². The molecule has 2 saturated carbocycles. The molecule has 5 heteroatoms. The van der Waals surface area contributed by atoms with Gasteiger partial charge in [0, 0.05) is 31.5 Å². The first-order valence-corrected chi connectivity index (χ1v) is 9.34. The minimum absolute atomic E-state index is 0.286. The van der Waals surface area contributed by atoms with Crippen LogP contribution < -0.4 is 0 Å². The summed E-state index contributed by atoms with van der Waals surface area (Å²) in [7, 11) is 0. The SMILES string of the molecule is O=C(OCC1CC12CCCCC2)c1cnc(C2CCOCC2)nc1. The van der Waals surface area contributed by atoms with Gasteiger partial charge in [-0.1, -0.05) is 19.3 Å². The van der Waals surface area contributed by atoms with Crippen LogP contribution in [0.25, 0.3) is 0 Å². The van der Waals surface area contributed by atoms with E-state index in [0.717, 1.165) is 31.9 Å². The number of rotatable bonds is 4. The number of nitrogens with zero attached hydrogens (tertiary/aromatic N) is 2. The fourth-order valence-electron chi connectivity index (χ4n) is 4.41. The molecule has 4 rings (SSSR count). The van der Waals surface area contributed by atoms with Crippen LogP contribution in [0.15, 0.2) is 12.4 Å². The van der Waals surface area contributed by atoms with Gasteiger partial charge in [0.05, 0.1) is 12.2 Å². The van der Waals surface area contributed by atoms with E-state index in [1.165, 1.54) is 38.5 Å². The lowest BCUT2D eigenvalue weighted by Crippen LogP contribution is -2.17. The number of esters is 1. The highest BCUT2D eigenvalue weighted by atomic mass is 16.5. The highest BCUT2D eigenvalue weighted by molar-refractivity contribution is 5.88. The number of ether oxygens (including phenoxy) is 2. The van der Waals surface area contributed by atoms with Gasteiger partial charge in [0.1, 0.15) is 5.82 Å². The molecule has 1 aliphatic heterocycles. The van der Waals surface area contributed by atoms with E-state index in [-0.39, 0.29) is 5.97 Å². The molecule has 1 atom stereocenters. The molecule has 0 N–H and O–H groups in total. The zero-order valence-electron chi connectivity index (χ0n) is 14.2. The first-order chi connectivity index (χ1) is 11.8. The van der Waals surface area contributed by atoms with Crippen molar-refractivity contribution >= 4 is 5.97 Å². The molecule has 2 heterocycles. The molecule has 0 bridgehead atoms. The Kier molecular flexibility index (Phi) is 4.53. The zero-order valence-corrected chi connectivity index (χ0v) is 14.2. The minimum atomic E-state index is -0.286. The Hall–Kier alpha value is -1.49. The molecule has 0 amide bonds. The Labute approximate surface area is 143 Å². The smallest absolute Gasteiger partial charge is 0.341 e. The summed E-state index contributed by atoms with van der Waals surface area (Å²) in [6.07, 6.45) is 13.0. The van der Waals surface area contributed by atoms with Gasteiger partial charge in [-0.3, -0.25) is 0 Å². The third-order valence-corrected chi connectivity index (χ3v) is 6.12. The standard InChI is InChI=1S/C19H26N2O3/c22-18(24-13-16-10-19(16)6-2-1-3-7-19)15-11-20-17(21-12-15)14-4-8-23-9-5-14/h11-12,14,16H,1-10,13H2. The van der Waals surface area contributed by atoms with Crippen LogP contribution in [0.3, 0.4) is 0 Å². The summed E-state index contributed by atoms with van der Waals surface area (Å²) in [4.78, 5) is 21.0. The molecule has 2 aliphatic carbocycles. The van der Waals surface area contributed by atoms with Crippen LogP contribution >= 0.6 is 0 Å².